The summed E-state index contributed by atoms with van der Waals surface area (Å²) in [6.07, 6.45) is 0.754. The van der Waals surface area contributed by atoms with Gasteiger partial charge in [0.15, 0.2) is 0 Å². The minimum absolute atomic E-state index is 0.149. The van der Waals surface area contributed by atoms with Crippen LogP contribution in [-0.4, -0.2) is 31.9 Å². The highest BCUT2D eigenvalue weighted by atomic mass is 16.5. The van der Waals surface area contributed by atoms with E-state index in [1.54, 1.807) is 0 Å². The Morgan fingerprint density at radius 1 is 1.21 bits per heavy atom. The van der Waals surface area contributed by atoms with Crippen molar-refractivity contribution < 1.29 is 24.1 Å². The van der Waals surface area contributed by atoms with Crippen LogP contribution in [0.5, 0.6) is 17.2 Å². The summed E-state index contributed by atoms with van der Waals surface area (Å²) in [6.45, 7) is 2.79. The van der Waals surface area contributed by atoms with Gasteiger partial charge in [0.2, 0.25) is 0 Å². The summed E-state index contributed by atoms with van der Waals surface area (Å²) in [5, 5.41) is 9.12. The van der Waals surface area contributed by atoms with Crippen LogP contribution in [0.1, 0.15) is 16.7 Å². The molecule has 5 nitrogen and oxygen atoms in total. The summed E-state index contributed by atoms with van der Waals surface area (Å²) in [7, 11) is 3.07. The number of rotatable bonds is 5. The Kier molecular flexibility index (Phi) is 4.34. The normalized spacial score (nSPS) is 12.5. The zero-order valence-corrected chi connectivity index (χ0v) is 14.0. The van der Waals surface area contributed by atoms with E-state index in [0.29, 0.717) is 23.7 Å². The van der Waals surface area contributed by atoms with Gasteiger partial charge in [-0.1, -0.05) is 6.07 Å². The fourth-order valence-corrected chi connectivity index (χ4v) is 3.22. The van der Waals surface area contributed by atoms with Crippen molar-refractivity contribution in [2.45, 2.75) is 19.8 Å². The molecule has 0 amide bonds. The predicted octanol–water partition coefficient (Wildman–Crippen LogP) is 3.24. The first kappa shape index (κ1) is 16.2. The lowest BCUT2D eigenvalue weighted by Crippen LogP contribution is -2.05. The van der Waals surface area contributed by atoms with E-state index in [4.69, 9.17) is 19.3 Å². The van der Waals surface area contributed by atoms with E-state index in [1.165, 1.54) is 25.3 Å². The molecule has 0 fully saturated rings. The number of benzene rings is 2. The second kappa shape index (κ2) is 6.43. The molecule has 0 spiro atoms. The van der Waals surface area contributed by atoms with Gasteiger partial charge >= 0.3 is 5.97 Å². The van der Waals surface area contributed by atoms with E-state index in [2.05, 4.69) is 6.92 Å². The van der Waals surface area contributed by atoms with E-state index >= 15 is 0 Å². The van der Waals surface area contributed by atoms with Gasteiger partial charge in [0.05, 0.1) is 27.2 Å². The van der Waals surface area contributed by atoms with E-state index in [-0.39, 0.29) is 6.42 Å². The van der Waals surface area contributed by atoms with Crippen LogP contribution in [0, 0.1) is 6.92 Å². The van der Waals surface area contributed by atoms with Crippen molar-refractivity contribution >= 4 is 5.97 Å². The van der Waals surface area contributed by atoms with Gasteiger partial charge < -0.3 is 19.3 Å². The Morgan fingerprint density at radius 3 is 2.46 bits per heavy atom. The first-order chi connectivity index (χ1) is 11.5. The number of fused-ring (bicyclic) bond motifs is 1. The molecule has 0 unspecified atom stereocenters. The average molecular weight is 328 g/mol. The fraction of sp³-hybridized carbons (Fsp3) is 0.316. The highest BCUT2D eigenvalue weighted by Gasteiger charge is 2.20. The molecule has 126 valence electrons. The minimum atomic E-state index is -0.926. The lowest BCUT2D eigenvalue weighted by molar-refractivity contribution is -0.136. The summed E-state index contributed by atoms with van der Waals surface area (Å²) in [4.78, 5) is 11.1. The van der Waals surface area contributed by atoms with Crippen LogP contribution in [0.4, 0.5) is 0 Å². The number of aliphatic carboxylic acids is 1. The molecule has 0 saturated heterocycles. The molecule has 0 saturated carbocycles. The molecule has 0 aliphatic carbocycles. The molecule has 24 heavy (non-hydrogen) atoms. The van der Waals surface area contributed by atoms with Gasteiger partial charge in [0, 0.05) is 17.5 Å². The Morgan fingerprint density at radius 2 is 1.88 bits per heavy atom. The predicted molar refractivity (Wildman–Crippen MR) is 90.3 cm³/mol. The Balaban J connectivity index is 2.14. The summed E-state index contributed by atoms with van der Waals surface area (Å²) in [5.41, 5.74) is 4.93. The third-order valence-corrected chi connectivity index (χ3v) is 4.41. The van der Waals surface area contributed by atoms with E-state index in [1.807, 2.05) is 24.3 Å². The zero-order valence-electron chi connectivity index (χ0n) is 14.0. The molecule has 1 heterocycles. The van der Waals surface area contributed by atoms with Gasteiger partial charge in [0.1, 0.15) is 17.2 Å². The molecule has 0 radical (unpaired) electrons. The van der Waals surface area contributed by atoms with Crippen molar-refractivity contribution in [1.29, 1.82) is 0 Å². The molecule has 1 aliphatic heterocycles. The second-order valence-corrected chi connectivity index (χ2v) is 5.74. The summed E-state index contributed by atoms with van der Waals surface area (Å²) < 4.78 is 16.4. The van der Waals surface area contributed by atoms with Crippen molar-refractivity contribution in [2.75, 3.05) is 20.8 Å². The largest absolute Gasteiger partial charge is 0.496 e. The van der Waals surface area contributed by atoms with Crippen molar-refractivity contribution in [3.63, 3.8) is 0 Å². The van der Waals surface area contributed by atoms with Crippen LogP contribution in [0.2, 0.25) is 0 Å². The number of carbonyl (C=O) groups is 1. The van der Waals surface area contributed by atoms with Crippen molar-refractivity contribution in [3.8, 4) is 28.4 Å². The van der Waals surface area contributed by atoms with E-state index in [9.17, 15) is 4.79 Å². The van der Waals surface area contributed by atoms with Crippen LogP contribution in [-0.2, 0) is 17.6 Å². The summed E-state index contributed by atoms with van der Waals surface area (Å²) >= 11 is 0. The molecular formula is C19H20O5. The topological polar surface area (TPSA) is 65.0 Å². The monoisotopic (exact) mass is 328 g/mol. The van der Waals surface area contributed by atoms with Crippen LogP contribution in [0.3, 0.4) is 0 Å². The van der Waals surface area contributed by atoms with Crippen molar-refractivity contribution in [3.05, 3.63) is 41.0 Å². The molecule has 0 aromatic heterocycles. The maximum Gasteiger partial charge on any atom is 0.308 e. The lowest BCUT2D eigenvalue weighted by atomic mass is 9.93. The van der Waals surface area contributed by atoms with Gasteiger partial charge in [0.25, 0.3) is 0 Å². The number of hydrogen-bond donors (Lipinski definition) is 1. The van der Waals surface area contributed by atoms with Gasteiger partial charge in [-0.15, -0.1) is 0 Å². The number of hydrogen-bond acceptors (Lipinski definition) is 4. The van der Waals surface area contributed by atoms with Crippen LogP contribution in [0.25, 0.3) is 11.1 Å². The zero-order chi connectivity index (χ0) is 17.3. The van der Waals surface area contributed by atoms with Crippen LogP contribution >= 0.6 is 0 Å². The van der Waals surface area contributed by atoms with Crippen LogP contribution in [0.15, 0.2) is 24.3 Å². The first-order valence-electron chi connectivity index (χ1n) is 7.77. The third kappa shape index (κ3) is 2.77. The molecule has 5 heteroatoms. The molecule has 2 aromatic rings. The van der Waals surface area contributed by atoms with Crippen LogP contribution < -0.4 is 14.2 Å². The third-order valence-electron chi connectivity index (χ3n) is 4.41. The van der Waals surface area contributed by atoms with Gasteiger partial charge in [-0.25, -0.2) is 0 Å². The SMILES string of the molecule is COc1cc(-c2ccc3c(c2C)CCO3)cc(OC)c1CC(=O)O. The summed E-state index contributed by atoms with van der Waals surface area (Å²) in [5.74, 6) is 1.05. The molecule has 1 aliphatic rings. The lowest BCUT2D eigenvalue weighted by Gasteiger charge is -2.16. The smallest absolute Gasteiger partial charge is 0.308 e. The Hall–Kier alpha value is -2.69. The Bertz CT molecular complexity index is 770. The maximum absolute atomic E-state index is 11.1. The van der Waals surface area contributed by atoms with E-state index < -0.39 is 5.97 Å². The minimum Gasteiger partial charge on any atom is -0.496 e. The highest BCUT2D eigenvalue weighted by Crippen LogP contribution is 2.39. The van der Waals surface area contributed by atoms with E-state index in [0.717, 1.165) is 23.3 Å². The Labute approximate surface area is 140 Å². The maximum atomic E-state index is 11.1. The molecule has 0 atom stereocenters. The number of carboxylic acid groups (broad SMARTS) is 1. The molecule has 0 bridgehead atoms. The molecular weight excluding hydrogens is 308 g/mol. The van der Waals surface area contributed by atoms with Crippen molar-refractivity contribution in [2.24, 2.45) is 0 Å². The molecule has 1 N–H and O–H groups in total. The van der Waals surface area contributed by atoms with Gasteiger partial charge in [-0.2, -0.15) is 0 Å². The van der Waals surface area contributed by atoms with Crippen molar-refractivity contribution in [1.82, 2.24) is 0 Å². The first-order valence-corrected chi connectivity index (χ1v) is 7.77. The van der Waals surface area contributed by atoms with Gasteiger partial charge in [-0.3, -0.25) is 4.79 Å². The highest BCUT2D eigenvalue weighted by molar-refractivity contribution is 5.78. The summed E-state index contributed by atoms with van der Waals surface area (Å²) in [6, 6.07) is 7.73. The quantitative estimate of drug-likeness (QED) is 0.913. The number of methoxy groups -OCH3 is 2. The number of ether oxygens (including phenoxy) is 3. The fourth-order valence-electron chi connectivity index (χ4n) is 3.22. The second-order valence-electron chi connectivity index (χ2n) is 5.74. The average Bonchev–Trinajstić information content (AvgIpc) is 3.04. The number of carboxylic acids is 1. The molecule has 2 aromatic carbocycles. The van der Waals surface area contributed by atoms with Gasteiger partial charge in [-0.05, 0) is 41.8 Å². The standard InChI is InChI=1S/C19H20O5/c1-11-13(4-5-16-14(11)6-7-24-16)12-8-17(22-2)15(10-19(20)21)18(9-12)23-3/h4-5,8-9H,6-7,10H2,1-3H3,(H,20,21). The molecule has 3 rings (SSSR count).